The average Bonchev–Trinajstić information content (AvgIpc) is 2.34. The van der Waals surface area contributed by atoms with Crippen LogP contribution in [0.3, 0.4) is 0 Å². The smallest absolute Gasteiger partial charge is 0.141 e. The lowest BCUT2D eigenvalue weighted by atomic mass is 10.1. The number of aliphatic hydroxyl groups excluding tert-OH is 1. The van der Waals surface area contributed by atoms with Gasteiger partial charge in [-0.2, -0.15) is 0 Å². The van der Waals surface area contributed by atoms with Gasteiger partial charge in [0.15, 0.2) is 0 Å². The van der Waals surface area contributed by atoms with E-state index >= 15 is 0 Å². The van der Waals surface area contributed by atoms with Crippen LogP contribution in [0.4, 0.5) is 4.39 Å². The summed E-state index contributed by atoms with van der Waals surface area (Å²) in [7, 11) is 0. The van der Waals surface area contributed by atoms with Gasteiger partial charge in [-0.1, -0.05) is 6.92 Å². The fourth-order valence-corrected chi connectivity index (χ4v) is 1.83. The van der Waals surface area contributed by atoms with Crippen LogP contribution < -0.4 is 5.32 Å². The molecular weight excluding hydrogens is 219 g/mol. The van der Waals surface area contributed by atoms with Crippen molar-refractivity contribution in [2.45, 2.75) is 45.2 Å². The standard InChI is InChI=1S/C13H21FN2O/c1-3-12(16-10(2)5-4-8-17)13-7-6-11(14)9-15-13/h6-7,9-10,12,16-17H,3-5,8H2,1-2H3. The molecule has 0 aliphatic carbocycles. The van der Waals surface area contributed by atoms with Gasteiger partial charge in [0, 0.05) is 18.7 Å². The van der Waals surface area contributed by atoms with E-state index in [-0.39, 0.29) is 18.5 Å². The number of nitrogens with one attached hydrogen (secondary N) is 1. The summed E-state index contributed by atoms with van der Waals surface area (Å²) in [6.07, 6.45) is 3.87. The molecule has 0 radical (unpaired) electrons. The Balaban J connectivity index is 2.56. The van der Waals surface area contributed by atoms with Gasteiger partial charge in [0.05, 0.1) is 11.9 Å². The molecule has 0 spiro atoms. The monoisotopic (exact) mass is 240 g/mol. The lowest BCUT2D eigenvalue weighted by Gasteiger charge is -2.21. The maximum Gasteiger partial charge on any atom is 0.141 e. The van der Waals surface area contributed by atoms with Crippen LogP contribution in [-0.4, -0.2) is 22.7 Å². The molecule has 0 aliphatic rings. The van der Waals surface area contributed by atoms with Gasteiger partial charge >= 0.3 is 0 Å². The highest BCUT2D eigenvalue weighted by molar-refractivity contribution is 5.09. The summed E-state index contributed by atoms with van der Waals surface area (Å²) in [5.41, 5.74) is 0.866. The predicted molar refractivity (Wildman–Crippen MR) is 66.1 cm³/mol. The van der Waals surface area contributed by atoms with E-state index < -0.39 is 0 Å². The van der Waals surface area contributed by atoms with Gasteiger partial charge in [0.2, 0.25) is 0 Å². The van der Waals surface area contributed by atoms with E-state index in [2.05, 4.69) is 24.1 Å². The predicted octanol–water partition coefficient (Wildman–Crippen LogP) is 2.42. The highest BCUT2D eigenvalue weighted by atomic mass is 19.1. The molecule has 1 aromatic heterocycles. The number of aromatic nitrogens is 1. The van der Waals surface area contributed by atoms with E-state index in [0.717, 1.165) is 25.0 Å². The Morgan fingerprint density at radius 2 is 2.24 bits per heavy atom. The molecule has 2 unspecified atom stereocenters. The van der Waals surface area contributed by atoms with Crippen molar-refractivity contribution in [3.05, 3.63) is 29.8 Å². The SMILES string of the molecule is CCC(NC(C)CCCO)c1ccc(F)cn1. The second-order valence-corrected chi connectivity index (χ2v) is 4.30. The Labute approximate surface area is 102 Å². The number of rotatable bonds is 7. The molecule has 0 saturated heterocycles. The van der Waals surface area contributed by atoms with Gasteiger partial charge in [-0.05, 0) is 38.3 Å². The number of aliphatic hydroxyl groups is 1. The molecule has 2 atom stereocenters. The van der Waals surface area contributed by atoms with Crippen LogP contribution in [0.5, 0.6) is 0 Å². The molecule has 0 saturated carbocycles. The third kappa shape index (κ3) is 4.79. The van der Waals surface area contributed by atoms with Crippen LogP contribution in [0.25, 0.3) is 0 Å². The van der Waals surface area contributed by atoms with Crippen LogP contribution >= 0.6 is 0 Å². The summed E-state index contributed by atoms with van der Waals surface area (Å²) in [5, 5.41) is 12.2. The number of pyridine rings is 1. The number of halogens is 1. The zero-order valence-electron chi connectivity index (χ0n) is 10.5. The number of nitrogens with zero attached hydrogens (tertiary/aromatic N) is 1. The molecule has 2 N–H and O–H groups in total. The number of hydrogen-bond donors (Lipinski definition) is 2. The van der Waals surface area contributed by atoms with Gasteiger partial charge in [-0.25, -0.2) is 4.39 Å². The summed E-state index contributed by atoms with van der Waals surface area (Å²) < 4.78 is 12.8. The zero-order valence-corrected chi connectivity index (χ0v) is 10.5. The van der Waals surface area contributed by atoms with Crippen molar-refractivity contribution in [3.63, 3.8) is 0 Å². The van der Waals surface area contributed by atoms with Crippen molar-refractivity contribution in [3.8, 4) is 0 Å². The molecule has 1 heterocycles. The first kappa shape index (κ1) is 14.1. The normalized spacial score (nSPS) is 14.6. The fraction of sp³-hybridized carbons (Fsp3) is 0.615. The first-order valence-electron chi connectivity index (χ1n) is 6.15. The van der Waals surface area contributed by atoms with Crippen molar-refractivity contribution in [1.82, 2.24) is 10.3 Å². The molecule has 0 amide bonds. The minimum atomic E-state index is -0.308. The zero-order chi connectivity index (χ0) is 12.7. The fourth-order valence-electron chi connectivity index (χ4n) is 1.83. The third-order valence-corrected chi connectivity index (χ3v) is 2.80. The van der Waals surface area contributed by atoms with E-state index in [9.17, 15) is 4.39 Å². The van der Waals surface area contributed by atoms with E-state index in [1.165, 1.54) is 12.3 Å². The quantitative estimate of drug-likeness (QED) is 0.769. The van der Waals surface area contributed by atoms with Gasteiger partial charge in [-0.15, -0.1) is 0 Å². The molecule has 0 bridgehead atoms. The van der Waals surface area contributed by atoms with E-state index in [4.69, 9.17) is 5.11 Å². The minimum Gasteiger partial charge on any atom is -0.396 e. The van der Waals surface area contributed by atoms with Crippen LogP contribution in [-0.2, 0) is 0 Å². The lowest BCUT2D eigenvalue weighted by Crippen LogP contribution is -2.31. The van der Waals surface area contributed by atoms with Crippen molar-refractivity contribution in [2.24, 2.45) is 0 Å². The Hall–Kier alpha value is -1.00. The summed E-state index contributed by atoms with van der Waals surface area (Å²) >= 11 is 0. The van der Waals surface area contributed by atoms with Gasteiger partial charge in [-0.3, -0.25) is 4.98 Å². The van der Waals surface area contributed by atoms with Gasteiger partial charge in [0.1, 0.15) is 5.82 Å². The molecule has 96 valence electrons. The Morgan fingerprint density at radius 1 is 1.47 bits per heavy atom. The first-order valence-corrected chi connectivity index (χ1v) is 6.15. The minimum absolute atomic E-state index is 0.143. The molecule has 1 aromatic rings. The summed E-state index contributed by atoms with van der Waals surface area (Å²) in [4.78, 5) is 4.10. The maximum absolute atomic E-state index is 12.8. The molecule has 0 aromatic carbocycles. The molecule has 0 aliphatic heterocycles. The Kier molecular flexibility index (Phi) is 6.08. The van der Waals surface area contributed by atoms with E-state index in [0.29, 0.717) is 6.04 Å². The van der Waals surface area contributed by atoms with Crippen molar-refractivity contribution < 1.29 is 9.50 Å². The number of hydrogen-bond acceptors (Lipinski definition) is 3. The topological polar surface area (TPSA) is 45.1 Å². The molecule has 0 fully saturated rings. The summed E-state index contributed by atoms with van der Waals surface area (Å²) in [5.74, 6) is -0.308. The van der Waals surface area contributed by atoms with E-state index in [1.807, 2.05) is 0 Å². The molecule has 3 nitrogen and oxygen atoms in total. The maximum atomic E-state index is 12.8. The van der Waals surface area contributed by atoms with Crippen molar-refractivity contribution >= 4 is 0 Å². The van der Waals surface area contributed by atoms with Crippen LogP contribution in [0.15, 0.2) is 18.3 Å². The lowest BCUT2D eigenvalue weighted by molar-refractivity contribution is 0.273. The van der Waals surface area contributed by atoms with Gasteiger partial charge < -0.3 is 10.4 Å². The Morgan fingerprint density at radius 3 is 2.76 bits per heavy atom. The second-order valence-electron chi connectivity index (χ2n) is 4.30. The van der Waals surface area contributed by atoms with Crippen LogP contribution in [0.1, 0.15) is 44.8 Å². The molecular formula is C13H21FN2O. The third-order valence-electron chi connectivity index (χ3n) is 2.80. The van der Waals surface area contributed by atoms with E-state index in [1.54, 1.807) is 6.07 Å². The largest absolute Gasteiger partial charge is 0.396 e. The molecule has 4 heteroatoms. The van der Waals surface area contributed by atoms with Crippen molar-refractivity contribution in [1.29, 1.82) is 0 Å². The summed E-state index contributed by atoms with van der Waals surface area (Å²) in [6, 6.07) is 3.61. The second kappa shape index (κ2) is 7.35. The molecule has 1 rings (SSSR count). The molecule has 17 heavy (non-hydrogen) atoms. The van der Waals surface area contributed by atoms with Gasteiger partial charge in [0.25, 0.3) is 0 Å². The first-order chi connectivity index (χ1) is 8.17. The average molecular weight is 240 g/mol. The highest BCUT2D eigenvalue weighted by Crippen LogP contribution is 2.15. The highest BCUT2D eigenvalue weighted by Gasteiger charge is 2.13. The Bertz CT molecular complexity index is 316. The van der Waals surface area contributed by atoms with Crippen LogP contribution in [0.2, 0.25) is 0 Å². The van der Waals surface area contributed by atoms with Crippen LogP contribution in [0, 0.1) is 5.82 Å². The van der Waals surface area contributed by atoms with Crippen molar-refractivity contribution in [2.75, 3.05) is 6.61 Å². The summed E-state index contributed by atoms with van der Waals surface area (Å²) in [6.45, 7) is 4.38.